The molecule has 0 spiro atoms. The maximum absolute atomic E-state index is 12.8. The molecular formula is C28H39N3O9. The Morgan fingerprint density at radius 3 is 2.23 bits per heavy atom. The van der Waals surface area contributed by atoms with Crippen molar-refractivity contribution in [2.75, 3.05) is 52.5 Å². The summed E-state index contributed by atoms with van der Waals surface area (Å²) in [6.07, 6.45) is -0.116. The van der Waals surface area contributed by atoms with Gasteiger partial charge < -0.3 is 28.7 Å². The van der Waals surface area contributed by atoms with Crippen LogP contribution in [-0.2, 0) is 28.6 Å². The predicted octanol–water partition coefficient (Wildman–Crippen LogP) is 2.10. The Morgan fingerprint density at radius 1 is 0.950 bits per heavy atom. The number of benzene rings is 1. The van der Waals surface area contributed by atoms with E-state index >= 15 is 0 Å². The van der Waals surface area contributed by atoms with Gasteiger partial charge in [-0.25, -0.2) is 9.59 Å². The molecule has 2 aliphatic rings. The first kappa shape index (κ1) is 30.9. The molecule has 2 fully saturated rings. The van der Waals surface area contributed by atoms with E-state index in [0.717, 1.165) is 0 Å². The zero-order valence-corrected chi connectivity index (χ0v) is 23.6. The molecule has 3 rings (SSSR count). The quantitative estimate of drug-likeness (QED) is 0.225. The molecule has 0 N–H and O–H groups in total. The van der Waals surface area contributed by atoms with Crippen LogP contribution in [-0.4, -0.2) is 109 Å². The number of carbonyl (C=O) groups is 5. The number of carbonyl (C=O) groups excluding carboxylic acids is 5. The minimum Gasteiger partial charge on any atom is -0.482 e. The second kappa shape index (κ2) is 14.6. The van der Waals surface area contributed by atoms with Crippen molar-refractivity contribution < 1.29 is 42.9 Å². The van der Waals surface area contributed by atoms with Crippen LogP contribution in [0, 0.1) is 5.92 Å². The van der Waals surface area contributed by atoms with E-state index in [4.69, 9.17) is 18.9 Å². The number of ether oxygens (including phenoxy) is 4. The summed E-state index contributed by atoms with van der Waals surface area (Å²) in [5.41, 5.74) is 0.450. The van der Waals surface area contributed by atoms with Crippen molar-refractivity contribution in [3.63, 3.8) is 0 Å². The Labute approximate surface area is 234 Å². The van der Waals surface area contributed by atoms with Crippen molar-refractivity contribution in [3.05, 3.63) is 29.8 Å². The summed E-state index contributed by atoms with van der Waals surface area (Å²) in [6.45, 7) is 8.92. The molecule has 1 unspecified atom stereocenters. The summed E-state index contributed by atoms with van der Waals surface area (Å²) in [5, 5.41) is 0. The SMILES string of the molecule is CCOC(=O)COc1ccc(C(=O)CN2CCN(C3CCN(C(=O)OC(C)OC(=O)C(C)C)CC3)CC2=O)cc1. The summed E-state index contributed by atoms with van der Waals surface area (Å²) in [6, 6.07) is 6.57. The number of hydrogen-bond acceptors (Lipinski definition) is 10. The largest absolute Gasteiger partial charge is 0.482 e. The van der Waals surface area contributed by atoms with Gasteiger partial charge in [-0.05, 0) is 44.0 Å². The van der Waals surface area contributed by atoms with Crippen LogP contribution in [0.3, 0.4) is 0 Å². The third-order valence-corrected chi connectivity index (χ3v) is 6.78. The van der Waals surface area contributed by atoms with Gasteiger partial charge in [0.15, 0.2) is 12.4 Å². The molecular weight excluding hydrogens is 522 g/mol. The van der Waals surface area contributed by atoms with E-state index in [1.807, 2.05) is 0 Å². The van der Waals surface area contributed by atoms with Crippen LogP contribution in [0.2, 0.25) is 0 Å². The van der Waals surface area contributed by atoms with Crippen LogP contribution in [0.25, 0.3) is 0 Å². The van der Waals surface area contributed by atoms with Gasteiger partial charge in [0.05, 0.1) is 25.6 Å². The predicted molar refractivity (Wildman–Crippen MR) is 143 cm³/mol. The summed E-state index contributed by atoms with van der Waals surface area (Å²) in [4.78, 5) is 66.4. The molecule has 1 atom stereocenters. The van der Waals surface area contributed by atoms with Gasteiger partial charge in [0, 0.05) is 44.7 Å². The van der Waals surface area contributed by atoms with Crippen molar-refractivity contribution in [2.45, 2.75) is 52.9 Å². The zero-order chi connectivity index (χ0) is 29.2. The Kier molecular flexibility index (Phi) is 11.3. The Hall–Kier alpha value is -3.67. The van der Waals surface area contributed by atoms with E-state index in [0.29, 0.717) is 50.3 Å². The molecule has 0 radical (unpaired) electrons. The Morgan fingerprint density at radius 2 is 1.62 bits per heavy atom. The molecule has 2 aliphatic heterocycles. The van der Waals surface area contributed by atoms with Crippen LogP contribution in [0.5, 0.6) is 5.75 Å². The van der Waals surface area contributed by atoms with Gasteiger partial charge in [0.25, 0.3) is 0 Å². The smallest absolute Gasteiger partial charge is 0.412 e. The summed E-state index contributed by atoms with van der Waals surface area (Å²) < 4.78 is 20.5. The maximum atomic E-state index is 12.8. The molecule has 0 saturated carbocycles. The number of piperazine rings is 1. The fourth-order valence-electron chi connectivity index (χ4n) is 4.51. The first-order chi connectivity index (χ1) is 19.1. The number of Topliss-reactive ketones (excluding diaryl/α,β-unsaturated/α-hetero) is 1. The molecule has 2 saturated heterocycles. The first-order valence-electron chi connectivity index (χ1n) is 13.7. The van der Waals surface area contributed by atoms with Crippen molar-refractivity contribution in [3.8, 4) is 5.75 Å². The van der Waals surface area contributed by atoms with Gasteiger partial charge in [-0.3, -0.25) is 19.3 Å². The third kappa shape index (κ3) is 8.94. The number of amides is 2. The maximum Gasteiger partial charge on any atom is 0.412 e. The topological polar surface area (TPSA) is 132 Å². The lowest BCUT2D eigenvalue weighted by Gasteiger charge is -2.42. The molecule has 0 aromatic heterocycles. The molecule has 1 aromatic carbocycles. The highest BCUT2D eigenvalue weighted by atomic mass is 16.7. The van der Waals surface area contributed by atoms with Crippen LogP contribution in [0.4, 0.5) is 4.79 Å². The van der Waals surface area contributed by atoms with Gasteiger partial charge in [0.1, 0.15) is 5.75 Å². The fourth-order valence-corrected chi connectivity index (χ4v) is 4.51. The van der Waals surface area contributed by atoms with E-state index in [1.54, 1.807) is 54.8 Å². The molecule has 12 heteroatoms. The average molecular weight is 562 g/mol. The second-order valence-corrected chi connectivity index (χ2v) is 10.1. The summed E-state index contributed by atoms with van der Waals surface area (Å²) >= 11 is 0. The monoisotopic (exact) mass is 561 g/mol. The van der Waals surface area contributed by atoms with Gasteiger partial charge in [-0.1, -0.05) is 13.8 Å². The number of ketones is 1. The Balaban J connectivity index is 1.40. The molecule has 2 heterocycles. The highest BCUT2D eigenvalue weighted by molar-refractivity contribution is 5.99. The number of nitrogens with zero attached hydrogens (tertiary/aromatic N) is 3. The fraction of sp³-hybridized carbons (Fsp3) is 0.607. The highest BCUT2D eigenvalue weighted by Gasteiger charge is 2.33. The lowest BCUT2D eigenvalue weighted by molar-refractivity contribution is -0.170. The molecule has 40 heavy (non-hydrogen) atoms. The highest BCUT2D eigenvalue weighted by Crippen LogP contribution is 2.20. The van der Waals surface area contributed by atoms with Gasteiger partial charge in [0.2, 0.25) is 12.2 Å². The second-order valence-electron chi connectivity index (χ2n) is 10.1. The molecule has 2 amide bonds. The lowest BCUT2D eigenvalue weighted by Crippen LogP contribution is -2.56. The van der Waals surface area contributed by atoms with E-state index < -0.39 is 24.3 Å². The molecule has 1 aromatic rings. The van der Waals surface area contributed by atoms with Gasteiger partial charge in [-0.15, -0.1) is 0 Å². The van der Waals surface area contributed by atoms with Crippen LogP contribution in [0.15, 0.2) is 24.3 Å². The summed E-state index contributed by atoms with van der Waals surface area (Å²) in [5.74, 6) is -1.06. The lowest BCUT2D eigenvalue weighted by atomic mass is 10.0. The number of likely N-dealkylation sites (tertiary alicyclic amines) is 1. The van der Waals surface area contributed by atoms with E-state index in [1.165, 1.54) is 6.92 Å². The standard InChI is InChI=1S/C28H39N3O9/c1-5-37-26(34)18-38-23-8-6-21(7-9-23)24(32)16-31-15-14-30(17-25(31)33)22-10-12-29(13-11-22)28(36)40-20(4)39-27(35)19(2)3/h6-9,19-20,22H,5,10-18H2,1-4H3. The molecule has 12 nitrogen and oxygen atoms in total. The normalized spacial score (nSPS) is 17.4. The number of hydrogen-bond donors (Lipinski definition) is 0. The minimum absolute atomic E-state index is 0.0143. The van der Waals surface area contributed by atoms with Crippen LogP contribution >= 0.6 is 0 Å². The number of piperidine rings is 1. The number of esters is 2. The third-order valence-electron chi connectivity index (χ3n) is 6.78. The zero-order valence-electron chi connectivity index (χ0n) is 23.6. The average Bonchev–Trinajstić information content (AvgIpc) is 2.93. The Bertz CT molecular complexity index is 1050. The minimum atomic E-state index is -0.962. The van der Waals surface area contributed by atoms with Crippen molar-refractivity contribution in [1.82, 2.24) is 14.7 Å². The summed E-state index contributed by atoms with van der Waals surface area (Å²) in [7, 11) is 0. The van der Waals surface area contributed by atoms with Gasteiger partial charge in [-0.2, -0.15) is 0 Å². The van der Waals surface area contributed by atoms with E-state index in [9.17, 15) is 24.0 Å². The van der Waals surface area contributed by atoms with Crippen molar-refractivity contribution >= 4 is 29.7 Å². The molecule has 0 aliphatic carbocycles. The van der Waals surface area contributed by atoms with Crippen molar-refractivity contribution in [2.24, 2.45) is 5.92 Å². The number of rotatable bonds is 11. The van der Waals surface area contributed by atoms with Crippen LogP contribution in [0.1, 0.15) is 50.9 Å². The van der Waals surface area contributed by atoms with Crippen molar-refractivity contribution in [1.29, 1.82) is 0 Å². The van der Waals surface area contributed by atoms with E-state index in [-0.39, 0.29) is 50.0 Å². The first-order valence-corrected chi connectivity index (χ1v) is 13.7. The van der Waals surface area contributed by atoms with Crippen LogP contribution < -0.4 is 4.74 Å². The molecule has 0 bridgehead atoms. The van der Waals surface area contributed by atoms with Gasteiger partial charge >= 0.3 is 18.0 Å². The molecule has 220 valence electrons. The van der Waals surface area contributed by atoms with E-state index in [2.05, 4.69) is 4.90 Å².